The Balaban J connectivity index is 1.96. The Labute approximate surface area is 118 Å². The topological polar surface area (TPSA) is 38.3 Å². The van der Waals surface area contributed by atoms with Crippen molar-refractivity contribution in [2.45, 2.75) is 19.4 Å². The predicted octanol–water partition coefficient (Wildman–Crippen LogP) is 2.77. The number of benzene rings is 1. The Bertz CT molecular complexity index is 453. The highest BCUT2D eigenvalue weighted by atomic mass is 79.9. The van der Waals surface area contributed by atoms with Gasteiger partial charge in [0, 0.05) is 35.7 Å². The van der Waals surface area contributed by atoms with E-state index in [1.165, 1.54) is 12.1 Å². The van der Waals surface area contributed by atoms with Crippen molar-refractivity contribution >= 4 is 21.8 Å². The SMILES string of the molecule is O=C(NCc1c(F)cc(Br)cc1F)C1CCOCC1. The molecule has 2 rings (SSSR count). The van der Waals surface area contributed by atoms with Crippen LogP contribution in [0.25, 0.3) is 0 Å². The van der Waals surface area contributed by atoms with Crippen LogP contribution in [0.15, 0.2) is 16.6 Å². The van der Waals surface area contributed by atoms with Gasteiger partial charge in [-0.25, -0.2) is 8.78 Å². The third kappa shape index (κ3) is 3.73. The molecule has 0 unspecified atom stereocenters. The molecule has 1 aliphatic rings. The molecule has 0 spiro atoms. The highest BCUT2D eigenvalue weighted by Gasteiger charge is 2.22. The molecule has 0 saturated carbocycles. The molecule has 104 valence electrons. The molecule has 1 heterocycles. The minimum absolute atomic E-state index is 0.122. The van der Waals surface area contributed by atoms with Crippen LogP contribution in [0.2, 0.25) is 0 Å². The Hall–Kier alpha value is -1.01. The molecule has 3 nitrogen and oxygen atoms in total. The first-order valence-corrected chi connectivity index (χ1v) is 6.86. The Morgan fingerprint density at radius 3 is 2.47 bits per heavy atom. The number of rotatable bonds is 3. The van der Waals surface area contributed by atoms with E-state index in [1.54, 1.807) is 0 Å². The number of amides is 1. The van der Waals surface area contributed by atoms with Crippen LogP contribution in [-0.4, -0.2) is 19.1 Å². The van der Waals surface area contributed by atoms with Gasteiger partial charge in [-0.05, 0) is 25.0 Å². The van der Waals surface area contributed by atoms with E-state index in [0.29, 0.717) is 30.5 Å². The molecular weight excluding hydrogens is 320 g/mol. The van der Waals surface area contributed by atoms with E-state index >= 15 is 0 Å². The van der Waals surface area contributed by atoms with Gasteiger partial charge in [0.25, 0.3) is 0 Å². The van der Waals surface area contributed by atoms with Gasteiger partial charge in [0.1, 0.15) is 11.6 Å². The van der Waals surface area contributed by atoms with Gasteiger partial charge in [-0.3, -0.25) is 4.79 Å². The number of carbonyl (C=O) groups excluding carboxylic acids is 1. The minimum Gasteiger partial charge on any atom is -0.381 e. The zero-order valence-electron chi connectivity index (χ0n) is 10.2. The first-order chi connectivity index (χ1) is 9.08. The molecule has 0 radical (unpaired) electrons. The Morgan fingerprint density at radius 2 is 1.89 bits per heavy atom. The molecule has 0 atom stereocenters. The average molecular weight is 334 g/mol. The van der Waals surface area contributed by atoms with Crippen LogP contribution in [-0.2, 0) is 16.1 Å². The number of hydrogen-bond donors (Lipinski definition) is 1. The lowest BCUT2D eigenvalue weighted by molar-refractivity contribution is -0.128. The molecule has 1 saturated heterocycles. The zero-order chi connectivity index (χ0) is 13.8. The molecule has 19 heavy (non-hydrogen) atoms. The molecule has 1 aromatic rings. The quantitative estimate of drug-likeness (QED) is 0.923. The van der Waals surface area contributed by atoms with Crippen molar-refractivity contribution in [2.75, 3.05) is 13.2 Å². The lowest BCUT2D eigenvalue weighted by Gasteiger charge is -2.21. The van der Waals surface area contributed by atoms with Crippen molar-refractivity contribution < 1.29 is 18.3 Å². The van der Waals surface area contributed by atoms with Crippen LogP contribution in [0, 0.1) is 17.6 Å². The minimum atomic E-state index is -0.667. The van der Waals surface area contributed by atoms with Crippen LogP contribution in [0.5, 0.6) is 0 Å². The Kier molecular flexibility index (Phi) is 4.87. The van der Waals surface area contributed by atoms with E-state index in [4.69, 9.17) is 4.74 Å². The summed E-state index contributed by atoms with van der Waals surface area (Å²) < 4.78 is 32.6. The second-order valence-electron chi connectivity index (χ2n) is 4.45. The summed E-state index contributed by atoms with van der Waals surface area (Å²) in [5, 5.41) is 2.58. The van der Waals surface area contributed by atoms with E-state index in [-0.39, 0.29) is 23.9 Å². The van der Waals surface area contributed by atoms with E-state index in [0.717, 1.165) is 0 Å². The summed E-state index contributed by atoms with van der Waals surface area (Å²) in [5.74, 6) is -1.64. The van der Waals surface area contributed by atoms with E-state index < -0.39 is 11.6 Å². The van der Waals surface area contributed by atoms with Crippen molar-refractivity contribution in [3.05, 3.63) is 33.8 Å². The van der Waals surface area contributed by atoms with Crippen LogP contribution < -0.4 is 5.32 Å². The summed E-state index contributed by atoms with van der Waals surface area (Å²) >= 11 is 3.01. The van der Waals surface area contributed by atoms with Crippen molar-refractivity contribution in [1.29, 1.82) is 0 Å². The molecule has 1 amide bonds. The summed E-state index contributed by atoms with van der Waals surface area (Å²) in [7, 11) is 0. The van der Waals surface area contributed by atoms with Crippen molar-refractivity contribution in [3.63, 3.8) is 0 Å². The lowest BCUT2D eigenvalue weighted by Crippen LogP contribution is -2.34. The third-order valence-electron chi connectivity index (χ3n) is 3.14. The molecule has 1 aromatic carbocycles. The second-order valence-corrected chi connectivity index (χ2v) is 5.37. The number of hydrogen-bond acceptors (Lipinski definition) is 2. The maximum absolute atomic E-state index is 13.6. The number of nitrogens with one attached hydrogen (secondary N) is 1. The normalized spacial score (nSPS) is 16.4. The van der Waals surface area contributed by atoms with Gasteiger partial charge in [-0.15, -0.1) is 0 Å². The fourth-order valence-corrected chi connectivity index (χ4v) is 2.42. The summed E-state index contributed by atoms with van der Waals surface area (Å²) in [4.78, 5) is 11.8. The fraction of sp³-hybridized carbons (Fsp3) is 0.462. The summed E-state index contributed by atoms with van der Waals surface area (Å²) in [5.41, 5.74) is -0.122. The number of carbonyl (C=O) groups is 1. The molecule has 1 fully saturated rings. The second kappa shape index (κ2) is 6.43. The van der Waals surface area contributed by atoms with Gasteiger partial charge < -0.3 is 10.1 Å². The van der Waals surface area contributed by atoms with Crippen LogP contribution in [0.3, 0.4) is 0 Å². The lowest BCUT2D eigenvalue weighted by atomic mass is 9.99. The van der Waals surface area contributed by atoms with Gasteiger partial charge >= 0.3 is 0 Å². The molecule has 0 bridgehead atoms. The predicted molar refractivity (Wildman–Crippen MR) is 69.4 cm³/mol. The summed E-state index contributed by atoms with van der Waals surface area (Å²) in [6, 6.07) is 2.36. The van der Waals surface area contributed by atoms with Crippen LogP contribution in [0.1, 0.15) is 18.4 Å². The van der Waals surface area contributed by atoms with Gasteiger partial charge in [0.2, 0.25) is 5.91 Å². The average Bonchev–Trinajstić information content (AvgIpc) is 2.38. The monoisotopic (exact) mass is 333 g/mol. The van der Waals surface area contributed by atoms with Crippen molar-refractivity contribution in [2.24, 2.45) is 5.92 Å². The van der Waals surface area contributed by atoms with E-state index in [1.807, 2.05) is 0 Å². The first kappa shape index (κ1) is 14.4. The Morgan fingerprint density at radius 1 is 1.32 bits per heavy atom. The van der Waals surface area contributed by atoms with Gasteiger partial charge in [-0.2, -0.15) is 0 Å². The highest BCUT2D eigenvalue weighted by Crippen LogP contribution is 2.20. The highest BCUT2D eigenvalue weighted by molar-refractivity contribution is 9.10. The van der Waals surface area contributed by atoms with Gasteiger partial charge in [0.15, 0.2) is 0 Å². The maximum atomic E-state index is 13.6. The molecule has 1 aliphatic heterocycles. The van der Waals surface area contributed by atoms with E-state index in [9.17, 15) is 13.6 Å². The molecule has 0 aromatic heterocycles. The standard InChI is InChI=1S/C13H14BrF2NO2/c14-9-5-11(15)10(12(16)6-9)7-17-13(18)8-1-3-19-4-2-8/h5-6,8H,1-4,7H2,(H,17,18). The maximum Gasteiger partial charge on any atom is 0.223 e. The van der Waals surface area contributed by atoms with Gasteiger partial charge in [0.05, 0.1) is 0 Å². The largest absolute Gasteiger partial charge is 0.381 e. The molecular formula is C13H14BrF2NO2. The summed E-state index contributed by atoms with van der Waals surface area (Å²) in [6.45, 7) is 0.972. The van der Waals surface area contributed by atoms with Gasteiger partial charge in [-0.1, -0.05) is 15.9 Å². The molecule has 1 N–H and O–H groups in total. The number of ether oxygens (including phenoxy) is 1. The van der Waals surface area contributed by atoms with Crippen LogP contribution in [0.4, 0.5) is 8.78 Å². The fourth-order valence-electron chi connectivity index (χ4n) is 2.02. The first-order valence-electron chi connectivity index (χ1n) is 6.07. The third-order valence-corrected chi connectivity index (χ3v) is 3.60. The molecule has 6 heteroatoms. The molecule has 0 aliphatic carbocycles. The zero-order valence-corrected chi connectivity index (χ0v) is 11.8. The number of halogens is 3. The van der Waals surface area contributed by atoms with E-state index in [2.05, 4.69) is 21.2 Å². The van der Waals surface area contributed by atoms with Crippen molar-refractivity contribution in [3.8, 4) is 0 Å². The summed E-state index contributed by atoms with van der Waals surface area (Å²) in [6.07, 6.45) is 1.30. The smallest absolute Gasteiger partial charge is 0.223 e. The van der Waals surface area contributed by atoms with Crippen LogP contribution >= 0.6 is 15.9 Å². The van der Waals surface area contributed by atoms with Crippen molar-refractivity contribution in [1.82, 2.24) is 5.32 Å².